The van der Waals surface area contributed by atoms with Gasteiger partial charge in [0.15, 0.2) is 6.61 Å². The molecule has 1 amide bonds. The molecule has 0 aromatic heterocycles. The molecule has 3 rings (SSSR count). The number of ether oxygens (including phenoxy) is 1. The number of nitrogens with zero attached hydrogens (tertiary/aromatic N) is 1. The lowest BCUT2D eigenvalue weighted by Gasteiger charge is -2.12. The van der Waals surface area contributed by atoms with E-state index in [0.29, 0.717) is 5.75 Å². The average Bonchev–Trinajstić information content (AvgIpc) is 3.08. The minimum atomic E-state index is -0.192. The maximum Gasteiger partial charge on any atom is 0.262 e. The van der Waals surface area contributed by atoms with Crippen LogP contribution in [0.25, 0.3) is 0 Å². The quantitative estimate of drug-likeness (QED) is 0.887. The van der Waals surface area contributed by atoms with E-state index in [-0.39, 0.29) is 12.5 Å². The fraction of sp³-hybridized carbons (Fsp3) is 0.176. The van der Waals surface area contributed by atoms with Crippen molar-refractivity contribution in [2.75, 3.05) is 25.0 Å². The minimum absolute atomic E-state index is 0.0425. The number of hydrogen-bond donors (Lipinski definition) is 2. The summed E-state index contributed by atoms with van der Waals surface area (Å²) in [5.41, 5.74) is 1.64. The summed E-state index contributed by atoms with van der Waals surface area (Å²) < 4.78 is 5.65. The topological polar surface area (TPSA) is 62.7 Å². The zero-order chi connectivity index (χ0) is 15.2. The molecule has 2 N–H and O–H groups in total. The van der Waals surface area contributed by atoms with E-state index in [1.54, 1.807) is 0 Å². The molecule has 0 bridgehead atoms. The molecule has 2 aromatic carbocycles. The van der Waals surface area contributed by atoms with Crippen LogP contribution in [0.5, 0.6) is 5.75 Å². The highest BCUT2D eigenvalue weighted by atomic mass is 16.5. The van der Waals surface area contributed by atoms with Crippen LogP contribution in [0.2, 0.25) is 0 Å². The number of anilines is 1. The molecule has 0 aliphatic carbocycles. The van der Waals surface area contributed by atoms with E-state index in [4.69, 9.17) is 4.74 Å². The molecular weight excluding hydrogens is 278 g/mol. The Morgan fingerprint density at radius 1 is 1.14 bits per heavy atom. The number of amidine groups is 1. The van der Waals surface area contributed by atoms with Gasteiger partial charge >= 0.3 is 0 Å². The van der Waals surface area contributed by atoms with Crippen molar-refractivity contribution in [3.8, 4) is 5.75 Å². The number of nitrogens with one attached hydrogen (secondary N) is 2. The van der Waals surface area contributed by atoms with Crippen molar-refractivity contribution in [3.63, 3.8) is 0 Å². The van der Waals surface area contributed by atoms with Crippen LogP contribution in [-0.4, -0.2) is 31.4 Å². The van der Waals surface area contributed by atoms with Gasteiger partial charge in [0.05, 0.1) is 12.1 Å². The number of aliphatic imine (C=N–C) groups is 1. The Labute approximate surface area is 129 Å². The van der Waals surface area contributed by atoms with Crippen LogP contribution in [0, 0.1) is 0 Å². The van der Waals surface area contributed by atoms with E-state index in [0.717, 1.165) is 30.2 Å². The molecule has 2 aromatic rings. The fourth-order valence-electron chi connectivity index (χ4n) is 2.23. The van der Waals surface area contributed by atoms with Crippen molar-refractivity contribution in [2.45, 2.75) is 0 Å². The van der Waals surface area contributed by atoms with Gasteiger partial charge in [-0.25, -0.2) is 0 Å². The normalized spacial score (nSPS) is 13.2. The first kappa shape index (κ1) is 14.1. The Kier molecular flexibility index (Phi) is 4.34. The maximum atomic E-state index is 11.9. The van der Waals surface area contributed by atoms with Gasteiger partial charge < -0.3 is 15.4 Å². The second kappa shape index (κ2) is 6.76. The van der Waals surface area contributed by atoms with Crippen LogP contribution in [0.3, 0.4) is 0 Å². The maximum absolute atomic E-state index is 11.9. The number of hydrogen-bond acceptors (Lipinski definition) is 4. The van der Waals surface area contributed by atoms with Gasteiger partial charge in [-0.15, -0.1) is 0 Å². The molecule has 0 fully saturated rings. The summed E-state index contributed by atoms with van der Waals surface area (Å²) in [4.78, 5) is 16.3. The summed E-state index contributed by atoms with van der Waals surface area (Å²) in [5.74, 6) is 1.28. The Morgan fingerprint density at radius 3 is 2.68 bits per heavy atom. The van der Waals surface area contributed by atoms with Crippen LogP contribution in [0.1, 0.15) is 5.56 Å². The molecule has 0 radical (unpaired) electrons. The minimum Gasteiger partial charge on any atom is -0.483 e. The number of rotatable bonds is 5. The van der Waals surface area contributed by atoms with Crippen molar-refractivity contribution < 1.29 is 9.53 Å². The number of carbonyl (C=O) groups is 1. The zero-order valence-electron chi connectivity index (χ0n) is 12.1. The summed E-state index contributed by atoms with van der Waals surface area (Å²) in [6.45, 7) is 1.55. The first-order valence-corrected chi connectivity index (χ1v) is 7.18. The van der Waals surface area contributed by atoms with Gasteiger partial charge in [-0.3, -0.25) is 9.79 Å². The largest absolute Gasteiger partial charge is 0.483 e. The third kappa shape index (κ3) is 3.44. The van der Waals surface area contributed by atoms with Crippen LogP contribution in [-0.2, 0) is 4.79 Å². The zero-order valence-corrected chi connectivity index (χ0v) is 12.1. The van der Waals surface area contributed by atoms with E-state index in [9.17, 15) is 4.79 Å². The molecule has 1 aliphatic heterocycles. The van der Waals surface area contributed by atoms with Gasteiger partial charge in [-0.2, -0.15) is 0 Å². The predicted molar refractivity (Wildman–Crippen MR) is 86.4 cm³/mol. The number of benzene rings is 2. The second-order valence-electron chi connectivity index (χ2n) is 4.86. The Morgan fingerprint density at radius 2 is 1.91 bits per heavy atom. The van der Waals surface area contributed by atoms with Crippen LogP contribution >= 0.6 is 0 Å². The average molecular weight is 295 g/mol. The molecule has 5 nitrogen and oxygen atoms in total. The molecule has 5 heteroatoms. The van der Waals surface area contributed by atoms with Gasteiger partial charge in [-0.05, 0) is 24.3 Å². The van der Waals surface area contributed by atoms with Crippen LogP contribution in [0.15, 0.2) is 59.6 Å². The highest BCUT2D eigenvalue weighted by Gasteiger charge is 2.14. The molecule has 0 atom stereocenters. The molecule has 0 spiro atoms. The first-order chi connectivity index (χ1) is 10.8. The van der Waals surface area contributed by atoms with Crippen molar-refractivity contribution in [2.24, 2.45) is 4.99 Å². The smallest absolute Gasteiger partial charge is 0.262 e. The van der Waals surface area contributed by atoms with Gasteiger partial charge in [0, 0.05) is 12.2 Å². The lowest BCUT2D eigenvalue weighted by atomic mass is 10.2. The standard InChI is InChI=1S/C17H17N3O2/c21-16(20-13-6-2-1-3-7-13)12-22-15-9-5-4-8-14(15)17-18-10-11-19-17/h1-9H,10-12H2,(H,18,19)(H,20,21). The second-order valence-corrected chi connectivity index (χ2v) is 4.86. The Bertz CT molecular complexity index is 683. The van der Waals surface area contributed by atoms with Gasteiger partial charge in [0.25, 0.3) is 5.91 Å². The van der Waals surface area contributed by atoms with Crippen molar-refractivity contribution in [1.29, 1.82) is 0 Å². The number of amides is 1. The third-order valence-electron chi connectivity index (χ3n) is 3.23. The van der Waals surface area contributed by atoms with Crippen molar-refractivity contribution in [1.82, 2.24) is 5.32 Å². The number of carbonyl (C=O) groups excluding carboxylic acids is 1. The number of para-hydroxylation sites is 2. The fourth-order valence-corrected chi connectivity index (χ4v) is 2.23. The van der Waals surface area contributed by atoms with E-state index in [1.807, 2.05) is 54.6 Å². The summed E-state index contributed by atoms with van der Waals surface area (Å²) >= 11 is 0. The van der Waals surface area contributed by atoms with Gasteiger partial charge in [-0.1, -0.05) is 30.3 Å². The molecule has 1 heterocycles. The van der Waals surface area contributed by atoms with E-state index >= 15 is 0 Å². The van der Waals surface area contributed by atoms with Gasteiger partial charge in [0.2, 0.25) is 0 Å². The van der Waals surface area contributed by atoms with Crippen LogP contribution < -0.4 is 15.4 Å². The highest BCUT2D eigenvalue weighted by Crippen LogP contribution is 2.19. The predicted octanol–water partition coefficient (Wildman–Crippen LogP) is 2.05. The van der Waals surface area contributed by atoms with E-state index in [2.05, 4.69) is 15.6 Å². The molecule has 112 valence electrons. The first-order valence-electron chi connectivity index (χ1n) is 7.18. The van der Waals surface area contributed by atoms with E-state index in [1.165, 1.54) is 0 Å². The SMILES string of the molecule is O=C(COc1ccccc1C1=NCCN1)Nc1ccccc1. The molecule has 0 unspecified atom stereocenters. The summed E-state index contributed by atoms with van der Waals surface area (Å²) in [6.07, 6.45) is 0. The summed E-state index contributed by atoms with van der Waals surface area (Å²) in [7, 11) is 0. The van der Waals surface area contributed by atoms with Crippen molar-refractivity contribution >= 4 is 17.4 Å². The summed E-state index contributed by atoms with van der Waals surface area (Å²) in [5, 5.41) is 6.00. The molecular formula is C17H17N3O2. The molecule has 22 heavy (non-hydrogen) atoms. The van der Waals surface area contributed by atoms with Crippen molar-refractivity contribution in [3.05, 3.63) is 60.2 Å². The molecule has 0 saturated carbocycles. The Balaban J connectivity index is 1.63. The van der Waals surface area contributed by atoms with E-state index < -0.39 is 0 Å². The Hall–Kier alpha value is -2.82. The lowest BCUT2D eigenvalue weighted by molar-refractivity contribution is -0.118. The lowest BCUT2D eigenvalue weighted by Crippen LogP contribution is -2.23. The molecule has 1 aliphatic rings. The highest BCUT2D eigenvalue weighted by molar-refractivity contribution is 6.02. The monoisotopic (exact) mass is 295 g/mol. The summed E-state index contributed by atoms with van der Waals surface area (Å²) in [6, 6.07) is 16.9. The van der Waals surface area contributed by atoms with Crippen LogP contribution in [0.4, 0.5) is 5.69 Å². The van der Waals surface area contributed by atoms with Gasteiger partial charge in [0.1, 0.15) is 11.6 Å². The third-order valence-corrected chi connectivity index (χ3v) is 3.23. The molecule has 0 saturated heterocycles.